The fourth-order valence-electron chi connectivity index (χ4n) is 2.93. The van der Waals surface area contributed by atoms with Crippen molar-refractivity contribution < 1.29 is 18.1 Å². The van der Waals surface area contributed by atoms with Crippen LogP contribution in [0.25, 0.3) is 0 Å². The number of non-ortho nitro benzene ring substituents is 1. The molecule has 0 aromatic heterocycles. The predicted molar refractivity (Wildman–Crippen MR) is 96.3 cm³/mol. The number of rotatable bonds is 7. The molecule has 1 aliphatic rings. The zero-order valence-corrected chi connectivity index (χ0v) is 15.7. The van der Waals surface area contributed by atoms with Crippen molar-refractivity contribution in [2.24, 2.45) is 5.92 Å². The van der Waals surface area contributed by atoms with Crippen LogP contribution in [0.15, 0.2) is 23.1 Å². The fourth-order valence-corrected chi connectivity index (χ4v) is 4.65. The minimum absolute atomic E-state index is 0.0522. The summed E-state index contributed by atoms with van der Waals surface area (Å²) >= 11 is 0. The topological polar surface area (TPSA) is 122 Å². The lowest BCUT2D eigenvalue weighted by atomic mass is 9.97. The van der Waals surface area contributed by atoms with Gasteiger partial charge in [-0.05, 0) is 32.4 Å². The zero-order chi connectivity index (χ0) is 19.3. The van der Waals surface area contributed by atoms with Crippen LogP contribution in [-0.4, -0.2) is 56.8 Å². The number of nitro groups is 1. The highest BCUT2D eigenvalue weighted by molar-refractivity contribution is 7.89. The smallest absolute Gasteiger partial charge is 0.270 e. The maximum Gasteiger partial charge on any atom is 0.270 e. The Morgan fingerprint density at radius 1 is 1.31 bits per heavy atom. The number of sulfonamides is 1. The highest BCUT2D eigenvalue weighted by Gasteiger charge is 2.33. The van der Waals surface area contributed by atoms with Gasteiger partial charge in [-0.2, -0.15) is 4.31 Å². The summed E-state index contributed by atoms with van der Waals surface area (Å²) in [6, 6.07) is 3.82. The van der Waals surface area contributed by atoms with E-state index in [-0.39, 0.29) is 35.5 Å². The molecule has 0 radical (unpaired) electrons. The van der Waals surface area contributed by atoms with Crippen LogP contribution >= 0.6 is 0 Å². The van der Waals surface area contributed by atoms with Gasteiger partial charge in [0.25, 0.3) is 5.69 Å². The molecule has 1 aromatic rings. The molecule has 10 heteroatoms. The third kappa shape index (κ3) is 4.57. The van der Waals surface area contributed by atoms with Crippen LogP contribution in [0, 0.1) is 23.0 Å². The molecule has 26 heavy (non-hydrogen) atoms. The van der Waals surface area contributed by atoms with Crippen molar-refractivity contribution in [1.82, 2.24) is 14.9 Å². The number of nitro benzene ring substituents is 1. The van der Waals surface area contributed by atoms with E-state index in [1.54, 1.807) is 14.0 Å². The van der Waals surface area contributed by atoms with Crippen molar-refractivity contribution in [3.8, 4) is 0 Å². The van der Waals surface area contributed by atoms with Crippen molar-refractivity contribution in [1.29, 1.82) is 0 Å². The molecule has 0 saturated carbocycles. The van der Waals surface area contributed by atoms with Crippen LogP contribution in [0.3, 0.4) is 0 Å². The van der Waals surface area contributed by atoms with Crippen molar-refractivity contribution in [2.75, 3.05) is 33.2 Å². The SMILES string of the molecule is CNCCNC(=O)C1CCN(S(=O)(=O)c2cc([N+](=O)[O-])ccc2C)CC1. The Morgan fingerprint density at radius 3 is 2.54 bits per heavy atom. The van der Waals surface area contributed by atoms with Gasteiger partial charge < -0.3 is 10.6 Å². The molecule has 1 aliphatic heterocycles. The van der Waals surface area contributed by atoms with Gasteiger partial charge >= 0.3 is 0 Å². The lowest BCUT2D eigenvalue weighted by molar-refractivity contribution is -0.385. The van der Waals surface area contributed by atoms with Crippen LogP contribution in [0.4, 0.5) is 5.69 Å². The van der Waals surface area contributed by atoms with Gasteiger partial charge in [0.05, 0.1) is 9.82 Å². The average Bonchev–Trinajstić information content (AvgIpc) is 2.62. The fraction of sp³-hybridized carbons (Fsp3) is 0.562. The van der Waals surface area contributed by atoms with Gasteiger partial charge in [-0.15, -0.1) is 0 Å². The van der Waals surface area contributed by atoms with Gasteiger partial charge in [-0.1, -0.05) is 6.07 Å². The molecule has 2 rings (SSSR count). The van der Waals surface area contributed by atoms with Crippen LogP contribution in [0.2, 0.25) is 0 Å². The van der Waals surface area contributed by atoms with Gasteiger partial charge in [-0.3, -0.25) is 14.9 Å². The number of hydrogen-bond acceptors (Lipinski definition) is 6. The number of carbonyl (C=O) groups is 1. The second-order valence-corrected chi connectivity index (χ2v) is 8.19. The van der Waals surface area contributed by atoms with Gasteiger partial charge in [0, 0.05) is 44.2 Å². The first-order chi connectivity index (χ1) is 12.3. The van der Waals surface area contributed by atoms with E-state index in [0.29, 0.717) is 31.5 Å². The lowest BCUT2D eigenvalue weighted by Crippen LogP contribution is -2.44. The first kappa shape index (κ1) is 20.3. The van der Waals surface area contributed by atoms with Crippen molar-refractivity contribution in [3.63, 3.8) is 0 Å². The number of nitrogens with zero attached hydrogens (tertiary/aromatic N) is 2. The largest absolute Gasteiger partial charge is 0.355 e. The molecule has 0 unspecified atom stereocenters. The molecule has 1 fully saturated rings. The molecule has 144 valence electrons. The number of amides is 1. The number of nitrogens with one attached hydrogen (secondary N) is 2. The standard InChI is InChI=1S/C16H24N4O5S/c1-12-3-4-14(20(22)23)11-15(12)26(24,25)19-9-5-13(6-10-19)16(21)18-8-7-17-2/h3-4,11,13,17H,5-10H2,1-2H3,(H,18,21). The van der Waals surface area contributed by atoms with E-state index in [2.05, 4.69) is 10.6 Å². The van der Waals surface area contributed by atoms with Crippen molar-refractivity contribution in [3.05, 3.63) is 33.9 Å². The summed E-state index contributed by atoms with van der Waals surface area (Å²) in [5.41, 5.74) is 0.204. The predicted octanol–water partition coefficient (Wildman–Crippen LogP) is 0.640. The van der Waals surface area contributed by atoms with E-state index in [1.807, 2.05) is 0 Å². The third-order valence-corrected chi connectivity index (χ3v) is 6.54. The molecule has 1 aromatic carbocycles. The highest BCUT2D eigenvalue weighted by atomic mass is 32.2. The molecule has 0 spiro atoms. The normalized spacial score (nSPS) is 16.4. The Kier molecular flexibility index (Phi) is 6.68. The van der Waals surface area contributed by atoms with Crippen molar-refractivity contribution in [2.45, 2.75) is 24.7 Å². The average molecular weight is 384 g/mol. The van der Waals surface area contributed by atoms with Gasteiger partial charge in [-0.25, -0.2) is 8.42 Å². The Balaban J connectivity index is 2.07. The quantitative estimate of drug-likeness (QED) is 0.404. The maximum atomic E-state index is 12.9. The van der Waals surface area contributed by atoms with E-state index in [4.69, 9.17) is 0 Å². The Morgan fingerprint density at radius 2 is 1.96 bits per heavy atom. The van der Waals surface area contributed by atoms with Crippen LogP contribution in [0.1, 0.15) is 18.4 Å². The summed E-state index contributed by atoms with van der Waals surface area (Å²) < 4.78 is 27.0. The molecule has 9 nitrogen and oxygen atoms in total. The lowest BCUT2D eigenvalue weighted by Gasteiger charge is -2.30. The van der Waals surface area contributed by atoms with Crippen LogP contribution < -0.4 is 10.6 Å². The number of benzene rings is 1. The Bertz CT molecular complexity index is 773. The van der Waals surface area contributed by atoms with E-state index in [0.717, 1.165) is 6.07 Å². The van der Waals surface area contributed by atoms with E-state index < -0.39 is 14.9 Å². The molecular formula is C16H24N4O5S. The van der Waals surface area contributed by atoms with Crippen LogP contribution in [0.5, 0.6) is 0 Å². The summed E-state index contributed by atoms with van der Waals surface area (Å²) in [7, 11) is -2.03. The highest BCUT2D eigenvalue weighted by Crippen LogP contribution is 2.28. The number of carbonyl (C=O) groups excluding carboxylic acids is 1. The van der Waals surface area contributed by atoms with E-state index >= 15 is 0 Å². The number of aryl methyl sites for hydroxylation is 1. The second-order valence-electron chi connectivity index (χ2n) is 6.28. The van der Waals surface area contributed by atoms with Crippen LogP contribution in [-0.2, 0) is 14.8 Å². The molecule has 1 saturated heterocycles. The summed E-state index contributed by atoms with van der Waals surface area (Å²) in [5.74, 6) is -0.284. The molecule has 0 aliphatic carbocycles. The molecular weight excluding hydrogens is 360 g/mol. The maximum absolute atomic E-state index is 12.9. The summed E-state index contributed by atoms with van der Waals surface area (Å²) in [6.45, 7) is 3.24. The van der Waals surface area contributed by atoms with E-state index in [1.165, 1.54) is 16.4 Å². The zero-order valence-electron chi connectivity index (χ0n) is 14.9. The summed E-state index contributed by atoms with van der Waals surface area (Å²) in [5, 5.41) is 16.7. The van der Waals surface area contributed by atoms with Crippen molar-refractivity contribution >= 4 is 21.6 Å². The Hall–Kier alpha value is -2.04. The van der Waals surface area contributed by atoms with Gasteiger partial charge in [0.15, 0.2) is 0 Å². The molecule has 0 atom stereocenters. The number of likely N-dealkylation sites (N-methyl/N-ethyl adjacent to an activating group) is 1. The molecule has 1 heterocycles. The number of piperidine rings is 1. The van der Waals surface area contributed by atoms with E-state index in [9.17, 15) is 23.3 Å². The monoisotopic (exact) mass is 384 g/mol. The molecule has 2 N–H and O–H groups in total. The summed E-state index contributed by atoms with van der Waals surface area (Å²) in [6.07, 6.45) is 0.858. The van der Waals surface area contributed by atoms with Gasteiger partial charge in [0.2, 0.25) is 15.9 Å². The molecule has 1 amide bonds. The first-order valence-electron chi connectivity index (χ1n) is 8.45. The summed E-state index contributed by atoms with van der Waals surface area (Å²) in [4.78, 5) is 22.4. The minimum Gasteiger partial charge on any atom is -0.355 e. The number of hydrogen-bond donors (Lipinski definition) is 2. The Labute approximate surface area is 153 Å². The molecule has 0 bridgehead atoms. The van der Waals surface area contributed by atoms with Gasteiger partial charge in [0.1, 0.15) is 0 Å². The first-order valence-corrected chi connectivity index (χ1v) is 9.89. The second kappa shape index (κ2) is 8.56. The third-order valence-electron chi connectivity index (χ3n) is 4.50. The minimum atomic E-state index is -3.83.